The van der Waals surface area contributed by atoms with Gasteiger partial charge in [0.2, 0.25) is 5.89 Å². The molecule has 5 nitrogen and oxygen atoms in total. The topological polar surface area (TPSA) is 77.0 Å². The zero-order valence-corrected chi connectivity index (χ0v) is 14.3. The van der Waals surface area contributed by atoms with E-state index in [0.29, 0.717) is 25.0 Å². The molecule has 0 fully saturated rings. The molecule has 0 aliphatic heterocycles. The van der Waals surface area contributed by atoms with Crippen molar-refractivity contribution >= 4 is 18.4 Å². The summed E-state index contributed by atoms with van der Waals surface area (Å²) in [6.07, 6.45) is 2.75. The van der Waals surface area contributed by atoms with Gasteiger partial charge in [-0.15, -0.1) is 17.5 Å². The van der Waals surface area contributed by atoms with Crippen LogP contribution in [0.2, 0.25) is 0 Å². The van der Waals surface area contributed by atoms with Crippen molar-refractivity contribution in [3.63, 3.8) is 0 Å². The summed E-state index contributed by atoms with van der Waals surface area (Å²) in [5, 5.41) is 11.3. The van der Waals surface area contributed by atoms with Gasteiger partial charge in [0.05, 0.1) is 0 Å². The van der Waals surface area contributed by atoms with Gasteiger partial charge in [-0.05, 0) is 56.8 Å². The van der Waals surface area contributed by atoms with E-state index in [2.05, 4.69) is 48.4 Å². The average Bonchev–Trinajstić information content (AvgIpc) is 2.86. The summed E-state index contributed by atoms with van der Waals surface area (Å²) in [5.74, 6) is 0.670. The van der Waals surface area contributed by atoms with Crippen LogP contribution in [0.5, 0.6) is 0 Å². The molecule has 0 bridgehead atoms. The maximum absolute atomic E-state index is 5.58. The molecule has 0 spiro atoms. The Morgan fingerprint density at radius 2 is 1.77 bits per heavy atom. The van der Waals surface area contributed by atoms with Crippen LogP contribution in [0.3, 0.4) is 0 Å². The molecule has 0 radical (unpaired) electrons. The van der Waals surface area contributed by atoms with Crippen molar-refractivity contribution in [2.45, 2.75) is 46.6 Å². The van der Waals surface area contributed by atoms with Crippen molar-refractivity contribution in [2.75, 3.05) is 11.9 Å². The van der Waals surface area contributed by atoms with Crippen molar-refractivity contribution in [3.8, 4) is 0 Å². The molecule has 0 atom stereocenters. The quantitative estimate of drug-likeness (QED) is 0.764. The maximum atomic E-state index is 5.58. The number of aryl methyl sites for hydroxylation is 4. The van der Waals surface area contributed by atoms with Crippen LogP contribution in [0.4, 0.5) is 6.01 Å². The molecule has 0 saturated carbocycles. The molecule has 0 amide bonds. The lowest BCUT2D eigenvalue weighted by Gasteiger charge is -2.11. The summed E-state index contributed by atoms with van der Waals surface area (Å²) < 4.78 is 5.58. The molecule has 0 unspecified atom stereocenters. The van der Waals surface area contributed by atoms with E-state index in [0.717, 1.165) is 19.3 Å². The van der Waals surface area contributed by atoms with Gasteiger partial charge in [-0.3, -0.25) is 0 Å². The summed E-state index contributed by atoms with van der Waals surface area (Å²) >= 11 is 0. The highest BCUT2D eigenvalue weighted by atomic mass is 35.5. The second kappa shape index (κ2) is 8.76. The minimum atomic E-state index is 0. The van der Waals surface area contributed by atoms with E-state index in [1.54, 1.807) is 0 Å². The Morgan fingerprint density at radius 1 is 1.09 bits per heavy atom. The van der Waals surface area contributed by atoms with E-state index in [1.807, 2.05) is 0 Å². The lowest BCUT2D eigenvalue weighted by Crippen LogP contribution is -2.04. The van der Waals surface area contributed by atoms with E-state index < -0.39 is 0 Å². The number of nitrogens with zero attached hydrogens (tertiary/aromatic N) is 2. The highest BCUT2D eigenvalue weighted by Gasteiger charge is 2.08. The van der Waals surface area contributed by atoms with Crippen LogP contribution >= 0.6 is 12.4 Å². The van der Waals surface area contributed by atoms with E-state index in [1.165, 1.54) is 22.3 Å². The second-order valence-electron chi connectivity index (χ2n) is 5.48. The molecule has 122 valence electrons. The molecule has 1 heterocycles. The Morgan fingerprint density at radius 3 is 2.41 bits per heavy atom. The normalized spacial score (nSPS) is 10.4. The minimum Gasteiger partial charge on any atom is -0.408 e. The van der Waals surface area contributed by atoms with Crippen LogP contribution in [-0.2, 0) is 13.0 Å². The van der Waals surface area contributed by atoms with E-state index >= 15 is 0 Å². The number of rotatable bonds is 7. The first kappa shape index (κ1) is 18.5. The third kappa shape index (κ3) is 5.00. The fourth-order valence-electron chi connectivity index (χ4n) is 2.50. The number of benzene rings is 1. The molecular formula is C16H25ClN4O. The number of hydrogen-bond donors (Lipinski definition) is 2. The smallest absolute Gasteiger partial charge is 0.315 e. The molecule has 1 aromatic carbocycles. The van der Waals surface area contributed by atoms with Crippen LogP contribution < -0.4 is 11.1 Å². The van der Waals surface area contributed by atoms with Gasteiger partial charge in [0.25, 0.3) is 0 Å². The van der Waals surface area contributed by atoms with Gasteiger partial charge in [0, 0.05) is 13.0 Å². The molecule has 22 heavy (non-hydrogen) atoms. The second-order valence-corrected chi connectivity index (χ2v) is 5.48. The largest absolute Gasteiger partial charge is 0.408 e. The van der Waals surface area contributed by atoms with Crippen molar-refractivity contribution in [3.05, 3.63) is 40.3 Å². The molecule has 3 N–H and O–H groups in total. The fraction of sp³-hybridized carbons (Fsp3) is 0.500. The van der Waals surface area contributed by atoms with Crippen molar-refractivity contribution in [2.24, 2.45) is 5.73 Å². The first-order chi connectivity index (χ1) is 10.1. The highest BCUT2D eigenvalue weighted by molar-refractivity contribution is 5.85. The zero-order chi connectivity index (χ0) is 15.2. The summed E-state index contributed by atoms with van der Waals surface area (Å²) in [7, 11) is 0. The van der Waals surface area contributed by atoms with Crippen LogP contribution in [0.1, 0.15) is 41.0 Å². The van der Waals surface area contributed by atoms with Gasteiger partial charge in [-0.1, -0.05) is 22.8 Å². The monoisotopic (exact) mass is 324 g/mol. The van der Waals surface area contributed by atoms with Crippen LogP contribution in [-0.4, -0.2) is 16.7 Å². The Bertz CT molecular complexity index is 575. The molecule has 0 saturated heterocycles. The van der Waals surface area contributed by atoms with Crippen molar-refractivity contribution in [1.29, 1.82) is 0 Å². The molecule has 6 heteroatoms. The number of anilines is 1. The van der Waals surface area contributed by atoms with Crippen LogP contribution in [0.25, 0.3) is 0 Å². The number of nitrogens with two attached hydrogens (primary N) is 1. The predicted octanol–water partition coefficient (Wildman–Crippen LogP) is 3.31. The Kier molecular flexibility index (Phi) is 7.35. The Balaban J connectivity index is 0.00000242. The third-order valence-electron chi connectivity index (χ3n) is 3.57. The van der Waals surface area contributed by atoms with Gasteiger partial charge in [-0.25, -0.2) is 0 Å². The van der Waals surface area contributed by atoms with Gasteiger partial charge in [-0.2, -0.15) is 0 Å². The third-order valence-corrected chi connectivity index (χ3v) is 3.57. The SMILES string of the molecule is Cc1cc(C)c(CNc2nnc(CCCCN)o2)c(C)c1.Cl. The number of halogens is 1. The van der Waals surface area contributed by atoms with Crippen LogP contribution in [0, 0.1) is 20.8 Å². The lowest BCUT2D eigenvalue weighted by atomic mass is 10.00. The predicted molar refractivity (Wildman–Crippen MR) is 91.5 cm³/mol. The van der Waals surface area contributed by atoms with Gasteiger partial charge in [0.15, 0.2) is 0 Å². The highest BCUT2D eigenvalue weighted by Crippen LogP contribution is 2.18. The molecule has 0 aliphatic carbocycles. The van der Waals surface area contributed by atoms with Crippen molar-refractivity contribution in [1.82, 2.24) is 10.2 Å². The number of unbranched alkanes of at least 4 members (excludes halogenated alkanes) is 1. The molecule has 2 rings (SSSR count). The molecular weight excluding hydrogens is 300 g/mol. The fourth-order valence-corrected chi connectivity index (χ4v) is 2.50. The first-order valence-corrected chi connectivity index (χ1v) is 7.43. The van der Waals surface area contributed by atoms with Gasteiger partial charge < -0.3 is 15.5 Å². The summed E-state index contributed by atoms with van der Waals surface area (Å²) in [6, 6.07) is 4.86. The van der Waals surface area contributed by atoms with Crippen molar-refractivity contribution < 1.29 is 4.42 Å². The van der Waals surface area contributed by atoms with E-state index in [-0.39, 0.29) is 12.4 Å². The van der Waals surface area contributed by atoms with E-state index in [9.17, 15) is 0 Å². The Hall–Kier alpha value is -1.59. The minimum absolute atomic E-state index is 0. The van der Waals surface area contributed by atoms with Crippen LogP contribution in [0.15, 0.2) is 16.5 Å². The lowest BCUT2D eigenvalue weighted by molar-refractivity contribution is 0.493. The van der Waals surface area contributed by atoms with Gasteiger partial charge in [0.1, 0.15) is 0 Å². The number of hydrogen-bond acceptors (Lipinski definition) is 5. The molecule has 1 aromatic heterocycles. The summed E-state index contributed by atoms with van der Waals surface area (Å²) in [4.78, 5) is 0. The molecule has 2 aromatic rings. The standard InChI is InChI=1S/C16H24N4O.ClH/c1-11-8-12(2)14(13(3)9-11)10-18-16-20-19-15(21-16)6-4-5-7-17;/h8-9H,4-7,10,17H2,1-3H3,(H,18,20);1H. The average molecular weight is 325 g/mol. The summed E-state index contributed by atoms with van der Waals surface area (Å²) in [6.45, 7) is 7.77. The Labute approximate surface area is 138 Å². The maximum Gasteiger partial charge on any atom is 0.315 e. The summed E-state index contributed by atoms with van der Waals surface area (Å²) in [5.41, 5.74) is 10.6. The van der Waals surface area contributed by atoms with E-state index in [4.69, 9.17) is 10.2 Å². The number of nitrogens with one attached hydrogen (secondary N) is 1. The molecule has 0 aliphatic rings. The first-order valence-electron chi connectivity index (χ1n) is 7.43. The zero-order valence-electron chi connectivity index (χ0n) is 13.5. The number of aromatic nitrogens is 2. The van der Waals surface area contributed by atoms with Gasteiger partial charge >= 0.3 is 6.01 Å².